The Morgan fingerprint density at radius 1 is 1.04 bits per heavy atom. The molecule has 1 aliphatic heterocycles. The fourth-order valence-corrected chi connectivity index (χ4v) is 7.57. The third-order valence-electron chi connectivity index (χ3n) is 9.67. The minimum atomic E-state index is -2.82. The maximum absolute atomic E-state index is 14.2. The average Bonchev–Trinajstić information content (AvgIpc) is 3.46. The second-order valence-electron chi connectivity index (χ2n) is 12.8. The van der Waals surface area contributed by atoms with E-state index in [1.165, 1.54) is 19.0 Å². The Balaban J connectivity index is 1.32. The van der Waals surface area contributed by atoms with Gasteiger partial charge >= 0.3 is 6.03 Å². The van der Waals surface area contributed by atoms with E-state index in [2.05, 4.69) is 10.6 Å². The van der Waals surface area contributed by atoms with Gasteiger partial charge < -0.3 is 41.0 Å². The van der Waals surface area contributed by atoms with Crippen molar-refractivity contribution in [2.24, 2.45) is 29.4 Å². The van der Waals surface area contributed by atoms with Gasteiger partial charge in [0.15, 0.2) is 46.2 Å². The van der Waals surface area contributed by atoms with Crippen molar-refractivity contribution >= 4 is 46.4 Å². The molecule has 6 rings (SSSR count). The molecule has 0 radical (unpaired) electrons. The summed E-state index contributed by atoms with van der Waals surface area (Å²) in [5.74, 6) is -10.3. The fourth-order valence-electron chi connectivity index (χ4n) is 7.57. The molecule has 2 saturated carbocycles. The summed E-state index contributed by atoms with van der Waals surface area (Å²) >= 11 is 0. The summed E-state index contributed by atoms with van der Waals surface area (Å²) in [6.45, 7) is -0.133. The van der Waals surface area contributed by atoms with Gasteiger partial charge in [-0.1, -0.05) is 0 Å². The van der Waals surface area contributed by atoms with Crippen LogP contribution in [-0.2, 0) is 32.1 Å². The van der Waals surface area contributed by atoms with Crippen LogP contribution in [-0.4, -0.2) is 96.8 Å². The zero-order chi connectivity index (χ0) is 34.1. The highest BCUT2D eigenvalue weighted by Gasteiger charge is 2.69. The van der Waals surface area contributed by atoms with Crippen molar-refractivity contribution in [3.8, 4) is 17.2 Å². The smallest absolute Gasteiger partial charge is 0.319 e. The van der Waals surface area contributed by atoms with Crippen LogP contribution in [0.1, 0.15) is 27.9 Å². The maximum Gasteiger partial charge on any atom is 0.319 e. The van der Waals surface area contributed by atoms with Gasteiger partial charge in [-0.25, -0.2) is 4.79 Å². The van der Waals surface area contributed by atoms with Gasteiger partial charge in [0.2, 0.25) is 12.7 Å². The van der Waals surface area contributed by atoms with Crippen molar-refractivity contribution in [1.29, 1.82) is 0 Å². The molecule has 0 saturated heterocycles. The highest BCUT2D eigenvalue weighted by Crippen LogP contribution is 2.52. The minimum Gasteiger partial charge on any atom is -0.507 e. The molecule has 0 aromatic heterocycles. The fraction of sp³-hybridized carbons (Fsp3) is 0.438. The van der Waals surface area contributed by atoms with E-state index in [1.54, 1.807) is 43.3 Å². The molecule has 248 valence electrons. The number of fused-ring (bicyclic) bond motifs is 4. The quantitative estimate of drug-likeness (QED) is 0.261. The van der Waals surface area contributed by atoms with Crippen LogP contribution in [0.5, 0.6) is 17.2 Å². The zero-order valence-corrected chi connectivity index (χ0v) is 26.2. The number of nitrogens with one attached hydrogen (secondary N) is 2. The molecule has 4 aliphatic rings. The van der Waals surface area contributed by atoms with Crippen molar-refractivity contribution in [1.82, 2.24) is 10.2 Å². The summed E-state index contributed by atoms with van der Waals surface area (Å²) in [6, 6.07) is 4.71. The number of ether oxygens (including phenoxy) is 2. The van der Waals surface area contributed by atoms with Crippen LogP contribution in [0.2, 0.25) is 0 Å². The lowest BCUT2D eigenvalue weighted by Crippen LogP contribution is -2.74. The van der Waals surface area contributed by atoms with E-state index in [9.17, 15) is 39.0 Å². The number of Topliss-reactive ketones (excluding diaryl/α,β-unsaturated/α-hetero) is 4. The van der Waals surface area contributed by atoms with E-state index in [0.717, 1.165) is 0 Å². The van der Waals surface area contributed by atoms with E-state index in [1.807, 2.05) is 0 Å². The summed E-state index contributed by atoms with van der Waals surface area (Å²) < 4.78 is 10.6. The lowest BCUT2D eigenvalue weighted by atomic mass is 9.52. The number of nitrogens with two attached hydrogens (primary N) is 1. The predicted molar refractivity (Wildman–Crippen MR) is 164 cm³/mol. The number of benzene rings is 2. The molecule has 0 spiro atoms. The van der Waals surface area contributed by atoms with Crippen LogP contribution in [0.4, 0.5) is 16.2 Å². The summed E-state index contributed by atoms with van der Waals surface area (Å²) in [5, 5.41) is 28.5. The van der Waals surface area contributed by atoms with Crippen LogP contribution in [0.15, 0.2) is 24.3 Å². The van der Waals surface area contributed by atoms with E-state index in [0.29, 0.717) is 28.4 Å². The highest BCUT2D eigenvalue weighted by molar-refractivity contribution is 6.32. The van der Waals surface area contributed by atoms with E-state index in [4.69, 9.17) is 15.2 Å². The predicted octanol–water partition coefficient (Wildman–Crippen LogP) is -0.0166. The zero-order valence-electron chi connectivity index (χ0n) is 26.2. The lowest BCUT2D eigenvalue weighted by molar-refractivity contribution is -0.181. The van der Waals surface area contributed by atoms with E-state index in [-0.39, 0.29) is 37.3 Å². The van der Waals surface area contributed by atoms with Crippen molar-refractivity contribution in [2.75, 3.05) is 45.2 Å². The lowest BCUT2D eigenvalue weighted by Gasteiger charge is -2.52. The number of aromatic hydroxyl groups is 1. The number of nitrogens with zero attached hydrogens (tertiary/aromatic N) is 2. The first kappa shape index (κ1) is 31.9. The van der Waals surface area contributed by atoms with Gasteiger partial charge in [-0.3, -0.25) is 28.9 Å². The van der Waals surface area contributed by atoms with Crippen molar-refractivity contribution in [3.05, 3.63) is 41.0 Å². The van der Waals surface area contributed by atoms with Gasteiger partial charge in [0, 0.05) is 49.6 Å². The van der Waals surface area contributed by atoms with Crippen molar-refractivity contribution in [3.63, 3.8) is 0 Å². The third kappa shape index (κ3) is 4.88. The highest BCUT2D eigenvalue weighted by atomic mass is 16.7. The van der Waals surface area contributed by atoms with Crippen LogP contribution in [0.3, 0.4) is 0 Å². The molecule has 2 aromatic rings. The van der Waals surface area contributed by atoms with Crippen LogP contribution < -0.4 is 30.7 Å². The first-order valence-corrected chi connectivity index (χ1v) is 15.0. The van der Waals surface area contributed by atoms with Gasteiger partial charge in [-0.15, -0.1) is 0 Å². The molecular formula is C32H35N5O10. The third-order valence-corrected chi connectivity index (χ3v) is 9.67. The number of phenols is 1. The molecule has 0 bridgehead atoms. The minimum absolute atomic E-state index is 0.0547. The Morgan fingerprint density at radius 3 is 2.40 bits per heavy atom. The normalized spacial score (nSPS) is 27.6. The molecule has 3 aliphatic carbocycles. The number of urea groups is 1. The first-order valence-electron chi connectivity index (χ1n) is 15.0. The molecule has 3 amide bonds. The number of amides is 3. The number of ketones is 4. The number of rotatable bonds is 6. The number of aliphatic hydroxyl groups is 1. The molecule has 6 atom stereocenters. The first-order chi connectivity index (χ1) is 22.2. The van der Waals surface area contributed by atoms with E-state index >= 15 is 0 Å². The molecule has 6 N–H and O–H groups in total. The molecule has 1 heterocycles. The van der Waals surface area contributed by atoms with E-state index < -0.39 is 76.1 Å². The topological polar surface area (TPSA) is 218 Å². The number of carbonyl (C=O) groups is 6. The largest absolute Gasteiger partial charge is 0.507 e. The SMILES string of the molecule is CN(C)c1cc(CNC(=O)Nc2ccc3c(c2)OCO3)c(O)c2c1C[C@@H]1C[C@@H]3[C@@H](N(C)C)C(=O)C(C(N)=O)C(=O)[C@]3(O)C(=O)C1C2=O. The number of primary amides is 1. The molecule has 15 heteroatoms. The second kappa shape index (κ2) is 11.3. The Hall–Kier alpha value is -5.02. The standard InChI is InChI=1S/C32H35N5O10/c1-36(2)18-9-14(11-34-31(44)35-15-5-6-19-20(10-15)47-12-46-19)25(38)22-16(18)7-13-8-17-24(37(3)4)27(40)23(30(33)43)29(42)32(17,45)28(41)21(13)26(22)39/h5-6,9-10,13,17,21,23-24,38,45H,7-8,11-12H2,1-4H3,(H2,33,43)(H2,34,35,44)/t13-,17-,21?,23?,24-,32-/m1/s1. The van der Waals surface area contributed by atoms with Crippen LogP contribution in [0.25, 0.3) is 0 Å². The van der Waals surface area contributed by atoms with Crippen molar-refractivity contribution in [2.45, 2.75) is 31.0 Å². The van der Waals surface area contributed by atoms with Crippen LogP contribution in [0, 0.1) is 23.7 Å². The Bertz CT molecular complexity index is 1760. The van der Waals surface area contributed by atoms with Crippen molar-refractivity contribution < 1.29 is 48.5 Å². The summed E-state index contributed by atoms with van der Waals surface area (Å²) in [5.41, 5.74) is 4.03. The molecular weight excluding hydrogens is 614 g/mol. The number of hydrogen-bond acceptors (Lipinski definition) is 12. The van der Waals surface area contributed by atoms with Gasteiger partial charge in [0.25, 0.3) is 0 Å². The maximum atomic E-state index is 14.2. The number of phenolic OH excluding ortho intramolecular Hbond substituents is 1. The number of carbonyl (C=O) groups excluding carboxylic acids is 6. The van der Waals surface area contributed by atoms with Gasteiger partial charge in [0.1, 0.15) is 5.75 Å². The number of hydrogen-bond donors (Lipinski definition) is 5. The molecule has 2 unspecified atom stereocenters. The summed E-state index contributed by atoms with van der Waals surface area (Å²) in [4.78, 5) is 83.2. The monoisotopic (exact) mass is 649 g/mol. The molecule has 47 heavy (non-hydrogen) atoms. The van der Waals surface area contributed by atoms with Crippen LogP contribution >= 0.6 is 0 Å². The second-order valence-corrected chi connectivity index (χ2v) is 12.8. The number of anilines is 2. The Labute approximate surface area is 269 Å². The van der Waals surface area contributed by atoms with Gasteiger partial charge in [-0.2, -0.15) is 0 Å². The average molecular weight is 650 g/mol. The van der Waals surface area contributed by atoms with Gasteiger partial charge in [-0.05, 0) is 56.6 Å². The molecule has 15 nitrogen and oxygen atoms in total. The summed E-state index contributed by atoms with van der Waals surface area (Å²) in [6.07, 6.45) is 0.0616. The molecule has 2 aromatic carbocycles. The van der Waals surface area contributed by atoms with Gasteiger partial charge in [0.05, 0.1) is 17.5 Å². The Kier molecular flexibility index (Phi) is 7.71. The number of likely N-dealkylation sites (N-methyl/N-ethyl adjacent to an activating group) is 1. The molecule has 2 fully saturated rings. The Morgan fingerprint density at radius 2 is 1.74 bits per heavy atom. The summed E-state index contributed by atoms with van der Waals surface area (Å²) in [7, 11) is 6.54.